The summed E-state index contributed by atoms with van der Waals surface area (Å²) in [6.07, 6.45) is 9.03. The number of nitrogens with zero attached hydrogens (tertiary/aromatic N) is 1. The van der Waals surface area contributed by atoms with Gasteiger partial charge in [-0.05, 0) is 50.6 Å². The van der Waals surface area contributed by atoms with Gasteiger partial charge in [-0.25, -0.2) is 0 Å². The number of carbonyl (C=O) groups is 1. The highest BCUT2D eigenvalue weighted by Gasteiger charge is 2.36. The van der Waals surface area contributed by atoms with Gasteiger partial charge in [-0.15, -0.1) is 0 Å². The Morgan fingerprint density at radius 2 is 1.80 bits per heavy atom. The average molecular weight is 282 g/mol. The van der Waals surface area contributed by atoms with Crippen molar-refractivity contribution in [3.63, 3.8) is 0 Å². The van der Waals surface area contributed by atoms with Gasteiger partial charge in [0.15, 0.2) is 0 Å². The molecule has 1 spiro atoms. The molecule has 116 valence electrons. The van der Waals surface area contributed by atoms with Gasteiger partial charge < -0.3 is 15.3 Å². The molecule has 0 bridgehead atoms. The number of hydrogen-bond donors (Lipinski definition) is 2. The fraction of sp³-hybridized carbons (Fsp3) is 0.938. The van der Waals surface area contributed by atoms with Crippen LogP contribution in [0.3, 0.4) is 0 Å². The van der Waals surface area contributed by atoms with Gasteiger partial charge in [0.1, 0.15) is 6.04 Å². The van der Waals surface area contributed by atoms with Crippen LogP contribution >= 0.6 is 0 Å². The number of piperidine rings is 1. The summed E-state index contributed by atoms with van der Waals surface area (Å²) in [4.78, 5) is 13.7. The highest BCUT2D eigenvalue weighted by atomic mass is 16.4. The van der Waals surface area contributed by atoms with Crippen molar-refractivity contribution < 1.29 is 9.90 Å². The molecule has 2 rings (SSSR count). The number of likely N-dealkylation sites (tertiary alicyclic amines) is 1. The van der Waals surface area contributed by atoms with Gasteiger partial charge >= 0.3 is 5.97 Å². The van der Waals surface area contributed by atoms with Crippen molar-refractivity contribution in [2.24, 2.45) is 5.41 Å². The Morgan fingerprint density at radius 1 is 1.20 bits per heavy atom. The minimum atomic E-state index is -0.719. The monoisotopic (exact) mass is 282 g/mol. The SMILES string of the molecule is CC(C)NC(CCN1CCC2(CCCC2)CC1)C(=O)O. The first-order valence-corrected chi connectivity index (χ1v) is 8.22. The molecule has 1 saturated heterocycles. The first kappa shape index (κ1) is 15.8. The molecular formula is C16H30N2O2. The standard InChI is InChI=1S/C16H30N2O2/c1-13(2)17-14(15(19)20)5-10-18-11-8-16(9-12-18)6-3-4-7-16/h13-14,17H,3-12H2,1-2H3,(H,19,20). The van der Waals surface area contributed by atoms with E-state index in [-0.39, 0.29) is 6.04 Å². The largest absolute Gasteiger partial charge is 0.480 e. The van der Waals surface area contributed by atoms with Gasteiger partial charge in [0, 0.05) is 12.6 Å². The summed E-state index contributed by atoms with van der Waals surface area (Å²) >= 11 is 0. The molecule has 0 aromatic heterocycles. The van der Waals surface area contributed by atoms with E-state index >= 15 is 0 Å². The Kier molecular flexibility index (Phi) is 5.44. The maximum absolute atomic E-state index is 11.2. The molecular weight excluding hydrogens is 252 g/mol. The number of nitrogens with one attached hydrogen (secondary N) is 1. The Hall–Kier alpha value is -0.610. The van der Waals surface area contributed by atoms with Crippen LogP contribution in [0.4, 0.5) is 0 Å². The van der Waals surface area contributed by atoms with Crippen molar-refractivity contribution >= 4 is 5.97 Å². The maximum Gasteiger partial charge on any atom is 0.320 e. The Morgan fingerprint density at radius 3 is 2.30 bits per heavy atom. The summed E-state index contributed by atoms with van der Waals surface area (Å²) in [5, 5.41) is 12.4. The van der Waals surface area contributed by atoms with Crippen LogP contribution in [0, 0.1) is 5.41 Å². The highest BCUT2D eigenvalue weighted by Crippen LogP contribution is 2.46. The molecule has 1 aliphatic carbocycles. The predicted octanol–water partition coefficient (Wildman–Crippen LogP) is 2.48. The van der Waals surface area contributed by atoms with E-state index in [0.29, 0.717) is 11.8 Å². The van der Waals surface area contributed by atoms with Crippen LogP contribution in [-0.2, 0) is 4.79 Å². The zero-order valence-electron chi connectivity index (χ0n) is 13.0. The molecule has 1 aliphatic heterocycles. The fourth-order valence-electron chi connectivity index (χ4n) is 3.87. The van der Waals surface area contributed by atoms with Crippen LogP contribution in [0.5, 0.6) is 0 Å². The molecule has 1 atom stereocenters. The average Bonchev–Trinajstić information content (AvgIpc) is 2.84. The van der Waals surface area contributed by atoms with E-state index in [1.807, 2.05) is 13.8 Å². The van der Waals surface area contributed by atoms with Crippen LogP contribution in [0.25, 0.3) is 0 Å². The lowest BCUT2D eigenvalue weighted by atomic mass is 9.77. The van der Waals surface area contributed by atoms with E-state index in [1.165, 1.54) is 38.5 Å². The third kappa shape index (κ3) is 4.19. The lowest BCUT2D eigenvalue weighted by Crippen LogP contribution is -2.45. The number of hydrogen-bond acceptors (Lipinski definition) is 3. The maximum atomic E-state index is 11.2. The lowest BCUT2D eigenvalue weighted by molar-refractivity contribution is -0.140. The molecule has 2 N–H and O–H groups in total. The zero-order chi connectivity index (χ0) is 14.6. The number of carboxylic acids is 1. The van der Waals surface area contributed by atoms with Crippen molar-refractivity contribution in [3.05, 3.63) is 0 Å². The first-order valence-electron chi connectivity index (χ1n) is 8.22. The normalized spacial score (nSPS) is 24.4. The van der Waals surface area contributed by atoms with Crippen LogP contribution < -0.4 is 5.32 Å². The molecule has 0 amide bonds. The Labute approximate surface area is 122 Å². The van der Waals surface area contributed by atoms with E-state index in [4.69, 9.17) is 0 Å². The highest BCUT2D eigenvalue weighted by molar-refractivity contribution is 5.73. The smallest absolute Gasteiger partial charge is 0.320 e. The molecule has 4 nitrogen and oxygen atoms in total. The van der Waals surface area contributed by atoms with Gasteiger partial charge in [0.2, 0.25) is 0 Å². The summed E-state index contributed by atoms with van der Waals surface area (Å²) in [6, 6.07) is -0.184. The summed E-state index contributed by atoms with van der Waals surface area (Å²) in [5.41, 5.74) is 0.652. The van der Waals surface area contributed by atoms with Crippen LogP contribution in [0.1, 0.15) is 58.8 Å². The summed E-state index contributed by atoms with van der Waals surface area (Å²) < 4.78 is 0. The summed E-state index contributed by atoms with van der Waals surface area (Å²) in [5.74, 6) is -0.719. The topological polar surface area (TPSA) is 52.6 Å². The van der Waals surface area contributed by atoms with E-state index in [2.05, 4.69) is 10.2 Å². The van der Waals surface area contributed by atoms with E-state index < -0.39 is 12.0 Å². The molecule has 0 aromatic carbocycles. The second-order valence-electron chi connectivity index (χ2n) is 7.05. The second-order valence-corrected chi connectivity index (χ2v) is 7.05. The van der Waals surface area contributed by atoms with Gasteiger partial charge in [0.25, 0.3) is 0 Å². The molecule has 0 aromatic rings. The van der Waals surface area contributed by atoms with Crippen molar-refractivity contribution in [3.8, 4) is 0 Å². The van der Waals surface area contributed by atoms with Gasteiger partial charge in [0.05, 0.1) is 0 Å². The third-order valence-electron chi connectivity index (χ3n) is 5.15. The first-order chi connectivity index (χ1) is 9.51. The van der Waals surface area contributed by atoms with Crippen molar-refractivity contribution in [2.45, 2.75) is 70.9 Å². The molecule has 2 aliphatic rings. The Bertz CT molecular complexity index is 314. The molecule has 2 fully saturated rings. The zero-order valence-corrected chi connectivity index (χ0v) is 13.0. The van der Waals surface area contributed by atoms with Gasteiger partial charge in [-0.1, -0.05) is 26.7 Å². The van der Waals surface area contributed by atoms with Gasteiger partial charge in [-0.3, -0.25) is 4.79 Å². The van der Waals surface area contributed by atoms with E-state index in [0.717, 1.165) is 19.6 Å². The minimum Gasteiger partial charge on any atom is -0.480 e. The molecule has 1 unspecified atom stereocenters. The fourth-order valence-corrected chi connectivity index (χ4v) is 3.87. The second kappa shape index (κ2) is 6.90. The molecule has 1 heterocycles. The van der Waals surface area contributed by atoms with E-state index in [1.54, 1.807) is 0 Å². The number of carboxylic acid groups (broad SMARTS) is 1. The molecule has 0 radical (unpaired) electrons. The molecule has 1 saturated carbocycles. The summed E-state index contributed by atoms with van der Waals surface area (Å²) in [7, 11) is 0. The van der Waals surface area contributed by atoms with Crippen LogP contribution in [-0.4, -0.2) is 47.7 Å². The molecule has 4 heteroatoms. The third-order valence-corrected chi connectivity index (χ3v) is 5.15. The Balaban J connectivity index is 1.73. The number of rotatable bonds is 6. The van der Waals surface area contributed by atoms with Crippen molar-refractivity contribution in [1.29, 1.82) is 0 Å². The lowest BCUT2D eigenvalue weighted by Gasteiger charge is -2.39. The van der Waals surface area contributed by atoms with Crippen LogP contribution in [0.2, 0.25) is 0 Å². The van der Waals surface area contributed by atoms with Crippen molar-refractivity contribution in [2.75, 3.05) is 19.6 Å². The quantitative estimate of drug-likeness (QED) is 0.786. The predicted molar refractivity (Wildman–Crippen MR) is 80.9 cm³/mol. The van der Waals surface area contributed by atoms with E-state index in [9.17, 15) is 9.90 Å². The van der Waals surface area contributed by atoms with Crippen molar-refractivity contribution in [1.82, 2.24) is 10.2 Å². The number of aliphatic carboxylic acids is 1. The minimum absolute atomic E-state index is 0.221. The van der Waals surface area contributed by atoms with Crippen LogP contribution in [0.15, 0.2) is 0 Å². The molecule has 20 heavy (non-hydrogen) atoms. The van der Waals surface area contributed by atoms with Gasteiger partial charge in [-0.2, -0.15) is 0 Å². The summed E-state index contributed by atoms with van der Waals surface area (Å²) in [6.45, 7) is 7.23.